The molecule has 0 aromatic carbocycles. The summed E-state index contributed by atoms with van der Waals surface area (Å²) in [5, 5.41) is 0.328. The number of carbonyl (C=O) groups is 1. The van der Waals surface area contributed by atoms with Crippen molar-refractivity contribution in [3.63, 3.8) is 0 Å². The fraction of sp³-hybridized carbons (Fsp3) is 0.400. The first kappa shape index (κ1) is 15.2. The third kappa shape index (κ3) is 4.35. The molecule has 1 aromatic heterocycles. The van der Waals surface area contributed by atoms with Crippen LogP contribution in [0.15, 0.2) is 18.3 Å². The van der Waals surface area contributed by atoms with Crippen molar-refractivity contribution in [2.24, 2.45) is 5.73 Å². The Bertz CT molecular complexity index is 347. The number of aromatic nitrogens is 1. The lowest BCUT2D eigenvalue weighted by atomic mass is 10.1. The van der Waals surface area contributed by atoms with Crippen molar-refractivity contribution in [2.45, 2.75) is 19.4 Å². The van der Waals surface area contributed by atoms with Gasteiger partial charge in [0.15, 0.2) is 0 Å². The summed E-state index contributed by atoms with van der Waals surface area (Å²) in [6.45, 7) is 2.10. The SMILES string of the molecule is CCOC(=O)C[C@@H](N)c1cccnc1Cl.Cl. The van der Waals surface area contributed by atoms with Gasteiger partial charge < -0.3 is 10.5 Å². The maximum atomic E-state index is 11.2. The van der Waals surface area contributed by atoms with Crippen LogP contribution in [0.5, 0.6) is 0 Å². The Morgan fingerprint density at radius 2 is 2.38 bits per heavy atom. The van der Waals surface area contributed by atoms with Crippen molar-refractivity contribution in [1.29, 1.82) is 0 Å². The first-order chi connectivity index (χ1) is 7.15. The van der Waals surface area contributed by atoms with Gasteiger partial charge in [-0.25, -0.2) is 4.98 Å². The zero-order valence-corrected chi connectivity index (χ0v) is 10.4. The first-order valence-electron chi connectivity index (χ1n) is 4.66. The third-order valence-electron chi connectivity index (χ3n) is 1.88. The standard InChI is InChI=1S/C10H13ClN2O2.ClH/c1-2-15-9(14)6-8(12)7-4-3-5-13-10(7)11;/h3-5,8H,2,6,12H2,1H3;1H/t8-;/m1./s1. The molecule has 1 rings (SSSR count). The van der Waals surface area contributed by atoms with Gasteiger partial charge in [0.1, 0.15) is 5.15 Å². The maximum Gasteiger partial charge on any atom is 0.307 e. The van der Waals surface area contributed by atoms with E-state index in [0.29, 0.717) is 17.3 Å². The van der Waals surface area contributed by atoms with Gasteiger partial charge in [-0.3, -0.25) is 4.79 Å². The predicted octanol–water partition coefficient (Wildman–Crippen LogP) is 2.11. The molecule has 0 aliphatic carbocycles. The summed E-state index contributed by atoms with van der Waals surface area (Å²) in [6, 6.07) is 3.01. The number of carbonyl (C=O) groups excluding carboxylic acids is 1. The van der Waals surface area contributed by atoms with E-state index in [0.717, 1.165) is 0 Å². The molecule has 1 atom stereocenters. The van der Waals surface area contributed by atoms with Gasteiger partial charge >= 0.3 is 5.97 Å². The van der Waals surface area contributed by atoms with E-state index in [9.17, 15) is 4.79 Å². The normalized spacial score (nSPS) is 11.4. The summed E-state index contributed by atoms with van der Waals surface area (Å²) in [4.78, 5) is 15.1. The highest BCUT2D eigenvalue weighted by Crippen LogP contribution is 2.21. The minimum absolute atomic E-state index is 0. The lowest BCUT2D eigenvalue weighted by Gasteiger charge is -2.11. The Hall–Kier alpha value is -0.840. The first-order valence-corrected chi connectivity index (χ1v) is 5.04. The summed E-state index contributed by atoms with van der Waals surface area (Å²) in [6.07, 6.45) is 1.68. The van der Waals surface area contributed by atoms with Crippen LogP contribution in [0, 0.1) is 0 Å². The maximum absolute atomic E-state index is 11.2. The quantitative estimate of drug-likeness (QED) is 0.668. The van der Waals surface area contributed by atoms with Crippen molar-refractivity contribution in [2.75, 3.05) is 6.61 Å². The minimum atomic E-state index is -0.467. The average Bonchev–Trinajstić information content (AvgIpc) is 2.18. The summed E-state index contributed by atoms with van der Waals surface area (Å²) < 4.78 is 4.79. The number of rotatable bonds is 4. The second-order valence-corrected chi connectivity index (χ2v) is 3.36. The highest BCUT2D eigenvalue weighted by Gasteiger charge is 2.15. The van der Waals surface area contributed by atoms with Gasteiger partial charge in [-0.05, 0) is 13.0 Å². The number of ether oxygens (including phenoxy) is 1. The van der Waals surface area contributed by atoms with Gasteiger partial charge in [0.05, 0.1) is 13.0 Å². The van der Waals surface area contributed by atoms with E-state index in [-0.39, 0.29) is 24.8 Å². The number of halogens is 2. The molecule has 0 amide bonds. The molecule has 1 aromatic rings. The van der Waals surface area contributed by atoms with Crippen molar-refractivity contribution in [3.05, 3.63) is 29.0 Å². The second-order valence-electron chi connectivity index (χ2n) is 3.00. The van der Waals surface area contributed by atoms with Crippen molar-refractivity contribution in [3.8, 4) is 0 Å². The number of hydrogen-bond acceptors (Lipinski definition) is 4. The number of pyridine rings is 1. The van der Waals surface area contributed by atoms with Crippen molar-refractivity contribution < 1.29 is 9.53 Å². The van der Waals surface area contributed by atoms with E-state index >= 15 is 0 Å². The van der Waals surface area contributed by atoms with Crippen LogP contribution in [-0.2, 0) is 9.53 Å². The lowest BCUT2D eigenvalue weighted by Crippen LogP contribution is -2.17. The fourth-order valence-corrected chi connectivity index (χ4v) is 1.44. The average molecular weight is 265 g/mol. The molecule has 0 saturated carbocycles. The van der Waals surface area contributed by atoms with Crippen LogP contribution in [0.3, 0.4) is 0 Å². The second kappa shape index (κ2) is 7.44. The molecule has 16 heavy (non-hydrogen) atoms. The highest BCUT2D eigenvalue weighted by molar-refractivity contribution is 6.30. The molecule has 0 radical (unpaired) electrons. The Kier molecular flexibility index (Phi) is 7.05. The molecule has 0 saturated heterocycles. The van der Waals surface area contributed by atoms with Crippen LogP contribution in [0.25, 0.3) is 0 Å². The van der Waals surface area contributed by atoms with Crippen LogP contribution in [0.4, 0.5) is 0 Å². The Balaban J connectivity index is 0.00000225. The molecular formula is C10H14Cl2N2O2. The molecule has 6 heteroatoms. The van der Waals surface area contributed by atoms with Crippen LogP contribution in [0.2, 0.25) is 5.15 Å². The predicted molar refractivity (Wildman–Crippen MR) is 64.7 cm³/mol. The summed E-state index contributed by atoms with van der Waals surface area (Å²) >= 11 is 5.84. The van der Waals surface area contributed by atoms with Crippen LogP contribution in [0.1, 0.15) is 24.9 Å². The zero-order valence-electron chi connectivity index (χ0n) is 8.85. The summed E-state index contributed by atoms with van der Waals surface area (Å²) in [5.41, 5.74) is 6.46. The third-order valence-corrected chi connectivity index (χ3v) is 2.20. The Morgan fingerprint density at radius 3 is 2.94 bits per heavy atom. The van der Waals surface area contributed by atoms with E-state index in [2.05, 4.69) is 4.98 Å². The molecule has 0 aliphatic heterocycles. The van der Waals surface area contributed by atoms with Gasteiger partial charge in [-0.15, -0.1) is 12.4 Å². The van der Waals surface area contributed by atoms with Gasteiger partial charge in [-0.1, -0.05) is 17.7 Å². The van der Waals surface area contributed by atoms with Crippen molar-refractivity contribution >= 4 is 30.0 Å². The van der Waals surface area contributed by atoms with E-state index in [1.165, 1.54) is 0 Å². The van der Waals surface area contributed by atoms with E-state index < -0.39 is 6.04 Å². The molecule has 4 nitrogen and oxygen atoms in total. The van der Waals surface area contributed by atoms with Crippen LogP contribution in [-0.4, -0.2) is 17.6 Å². The van der Waals surface area contributed by atoms with E-state index in [4.69, 9.17) is 22.1 Å². The topological polar surface area (TPSA) is 65.2 Å². The molecule has 0 spiro atoms. The van der Waals surface area contributed by atoms with Crippen LogP contribution < -0.4 is 5.73 Å². The number of esters is 1. The molecule has 2 N–H and O–H groups in total. The smallest absolute Gasteiger partial charge is 0.307 e. The number of hydrogen-bond donors (Lipinski definition) is 1. The number of nitrogens with zero attached hydrogens (tertiary/aromatic N) is 1. The molecule has 0 unspecified atom stereocenters. The summed E-state index contributed by atoms with van der Waals surface area (Å²) in [5.74, 6) is -0.329. The molecule has 0 bridgehead atoms. The molecular weight excluding hydrogens is 251 g/mol. The lowest BCUT2D eigenvalue weighted by molar-refractivity contribution is -0.143. The number of nitrogens with two attached hydrogens (primary N) is 1. The largest absolute Gasteiger partial charge is 0.466 e. The fourth-order valence-electron chi connectivity index (χ4n) is 1.18. The van der Waals surface area contributed by atoms with E-state index in [1.54, 1.807) is 25.3 Å². The molecule has 0 aliphatic rings. The van der Waals surface area contributed by atoms with Gasteiger partial charge in [0.2, 0.25) is 0 Å². The highest BCUT2D eigenvalue weighted by atomic mass is 35.5. The van der Waals surface area contributed by atoms with Gasteiger partial charge in [0, 0.05) is 17.8 Å². The minimum Gasteiger partial charge on any atom is -0.466 e. The Morgan fingerprint density at radius 1 is 1.69 bits per heavy atom. The monoisotopic (exact) mass is 264 g/mol. The molecule has 1 heterocycles. The zero-order chi connectivity index (χ0) is 11.3. The van der Waals surface area contributed by atoms with Gasteiger partial charge in [0.25, 0.3) is 0 Å². The van der Waals surface area contributed by atoms with Crippen molar-refractivity contribution in [1.82, 2.24) is 4.98 Å². The molecule has 90 valence electrons. The van der Waals surface area contributed by atoms with Crippen LogP contribution >= 0.6 is 24.0 Å². The molecule has 0 fully saturated rings. The Labute approximate surface area is 106 Å². The van der Waals surface area contributed by atoms with E-state index in [1.807, 2.05) is 0 Å². The summed E-state index contributed by atoms with van der Waals surface area (Å²) in [7, 11) is 0. The van der Waals surface area contributed by atoms with Gasteiger partial charge in [-0.2, -0.15) is 0 Å².